The lowest BCUT2D eigenvalue weighted by molar-refractivity contribution is -0.162. The van der Waals surface area contributed by atoms with E-state index in [2.05, 4.69) is 11.1 Å². The Bertz CT molecular complexity index is 2170. The molecule has 57 heavy (non-hydrogen) atoms. The number of aromatic nitrogens is 1. The fourth-order valence-electron chi connectivity index (χ4n) is 7.31. The number of carbonyl (C=O) groups is 3. The van der Waals surface area contributed by atoms with Gasteiger partial charge in [0.25, 0.3) is 0 Å². The van der Waals surface area contributed by atoms with Gasteiger partial charge in [-0.3, -0.25) is 14.8 Å². The normalized spacial score (nSPS) is 15.1. The number of aromatic amines is 1. The molecule has 0 radical (unpaired) electrons. The van der Waals surface area contributed by atoms with Crippen molar-refractivity contribution in [3.05, 3.63) is 122 Å². The molecular weight excluding hydrogens is 767 g/mol. The lowest BCUT2D eigenvalue weighted by atomic mass is 9.83. The van der Waals surface area contributed by atoms with Crippen LogP contribution in [0.15, 0.2) is 78.9 Å². The van der Waals surface area contributed by atoms with E-state index in [9.17, 15) is 19.5 Å². The number of ether oxygens (including phenoxy) is 2. The van der Waals surface area contributed by atoms with Crippen LogP contribution in [0.5, 0.6) is 5.75 Å². The van der Waals surface area contributed by atoms with E-state index in [-0.39, 0.29) is 18.9 Å². The summed E-state index contributed by atoms with van der Waals surface area (Å²) >= 11 is 12.3. The highest BCUT2D eigenvalue weighted by molar-refractivity contribution is 6.31. The van der Waals surface area contributed by atoms with E-state index in [1.165, 1.54) is 57.1 Å². The number of halogens is 2. The first-order valence-electron chi connectivity index (χ1n) is 19.1. The Kier molecular flexibility index (Phi) is 14.8. The van der Waals surface area contributed by atoms with Crippen molar-refractivity contribution in [2.75, 3.05) is 7.11 Å². The van der Waals surface area contributed by atoms with E-state index < -0.39 is 23.4 Å². The summed E-state index contributed by atoms with van der Waals surface area (Å²) in [5, 5.41) is 29.2. The first-order chi connectivity index (χ1) is 27.2. The molecule has 1 heterocycles. The Morgan fingerprint density at radius 1 is 0.860 bits per heavy atom. The average molecular weight is 818 g/mol. The smallest absolute Gasteiger partial charge is 0.335 e. The van der Waals surface area contributed by atoms with Crippen LogP contribution in [0.3, 0.4) is 0 Å². The second-order valence-corrected chi connectivity index (χ2v) is 15.8. The summed E-state index contributed by atoms with van der Waals surface area (Å²) in [6, 6.07) is 25.2. The number of methoxy groups -OCH3 is 1. The highest BCUT2D eigenvalue weighted by Crippen LogP contribution is 2.42. The molecular formula is C45H50Cl2N2O8. The molecule has 0 spiro atoms. The zero-order valence-electron chi connectivity index (χ0n) is 32.7. The predicted molar refractivity (Wildman–Crippen MR) is 223 cm³/mol. The summed E-state index contributed by atoms with van der Waals surface area (Å²) < 4.78 is 10.6. The summed E-state index contributed by atoms with van der Waals surface area (Å²) in [6.45, 7) is 5.24. The van der Waals surface area contributed by atoms with Crippen molar-refractivity contribution in [1.29, 1.82) is 0 Å². The molecule has 12 heteroatoms. The molecule has 1 atom stereocenters. The molecule has 0 saturated heterocycles. The van der Waals surface area contributed by atoms with Gasteiger partial charge in [0.15, 0.2) is 5.60 Å². The van der Waals surface area contributed by atoms with Crippen molar-refractivity contribution < 1.29 is 39.3 Å². The van der Waals surface area contributed by atoms with Gasteiger partial charge in [-0.1, -0.05) is 84.9 Å². The van der Waals surface area contributed by atoms with E-state index in [0.29, 0.717) is 10.9 Å². The van der Waals surface area contributed by atoms with Crippen molar-refractivity contribution in [2.45, 2.75) is 96.2 Å². The second-order valence-electron chi connectivity index (χ2n) is 15.0. The molecule has 5 N–H and O–H groups in total. The number of H-pyrrole nitrogens is 1. The summed E-state index contributed by atoms with van der Waals surface area (Å²) in [7, 11) is 1.60. The molecule has 1 saturated carbocycles. The van der Waals surface area contributed by atoms with E-state index in [4.69, 9.17) is 43.0 Å². The second kappa shape index (κ2) is 19.5. The molecule has 1 aromatic heterocycles. The number of hydrogen-bond acceptors (Lipinski definition) is 6. The van der Waals surface area contributed by atoms with Crippen LogP contribution in [0.4, 0.5) is 0 Å². The third kappa shape index (κ3) is 11.2. The van der Waals surface area contributed by atoms with Crippen LogP contribution in [0.25, 0.3) is 22.0 Å². The SMILES string of the molecule is CC(C)(OCc1ccc(-c2ccc(Cl)cc2)cc1)C(=O)O.COc1ccc2[nH]c(C)c(CC(=O)NO)c2c1.O=C(O)C1CCc2cc(C3CCCCC3)c(Cl)cc21. The molecule has 5 aromatic rings. The number of carboxylic acid groups (broad SMARTS) is 2. The first kappa shape index (κ1) is 43.3. The zero-order valence-corrected chi connectivity index (χ0v) is 34.2. The summed E-state index contributed by atoms with van der Waals surface area (Å²) in [4.78, 5) is 36.6. The maximum atomic E-state index is 11.2. The van der Waals surface area contributed by atoms with Gasteiger partial charge in [-0.15, -0.1) is 0 Å². The molecule has 302 valence electrons. The number of rotatable bonds is 10. The van der Waals surface area contributed by atoms with E-state index in [0.717, 1.165) is 68.0 Å². The number of carboxylic acids is 2. The Morgan fingerprint density at radius 3 is 2.11 bits per heavy atom. The standard InChI is InChI=1S/C17H17ClO3.C16H19ClO2.C12H14N2O3/c1-17(2,16(19)20)21-11-12-3-5-13(6-4-12)14-7-9-15(18)10-8-14;17-15-9-13-11(6-7-12(13)16(18)19)8-14(15)10-4-2-1-3-5-10;1-7-9(6-12(15)14-16)10-5-8(17-2)3-4-11(10)13-7/h3-10H,11H2,1-2H3,(H,19,20);8-10,12H,1-7H2,(H,18,19);3-5,13,16H,6H2,1-2H3,(H,14,15). The molecule has 0 aliphatic heterocycles. The van der Waals surface area contributed by atoms with Gasteiger partial charge in [0.05, 0.1) is 26.1 Å². The van der Waals surface area contributed by atoms with Crippen LogP contribution in [0.1, 0.15) is 97.7 Å². The Morgan fingerprint density at radius 2 is 1.51 bits per heavy atom. The summed E-state index contributed by atoms with van der Waals surface area (Å²) in [5.74, 6) is -1.16. The maximum Gasteiger partial charge on any atom is 0.335 e. The number of nitrogens with one attached hydrogen (secondary N) is 2. The number of aliphatic carboxylic acids is 2. The van der Waals surface area contributed by atoms with Crippen molar-refractivity contribution in [3.63, 3.8) is 0 Å². The third-order valence-corrected chi connectivity index (χ3v) is 11.3. The van der Waals surface area contributed by atoms with Crippen LogP contribution < -0.4 is 10.2 Å². The number of aryl methyl sites for hydroxylation is 2. The van der Waals surface area contributed by atoms with Crippen molar-refractivity contribution in [3.8, 4) is 16.9 Å². The molecule has 2 aliphatic carbocycles. The van der Waals surface area contributed by atoms with E-state index >= 15 is 0 Å². The quantitative estimate of drug-likeness (QED) is 0.0688. The molecule has 1 amide bonds. The monoisotopic (exact) mass is 816 g/mol. The number of hydrogen-bond donors (Lipinski definition) is 5. The largest absolute Gasteiger partial charge is 0.497 e. The van der Waals surface area contributed by atoms with Gasteiger partial charge >= 0.3 is 11.9 Å². The molecule has 10 nitrogen and oxygen atoms in total. The van der Waals surface area contributed by atoms with Crippen LogP contribution in [-0.2, 0) is 38.6 Å². The number of benzene rings is 4. The fraction of sp³-hybridized carbons (Fsp3) is 0.356. The van der Waals surface area contributed by atoms with Crippen molar-refractivity contribution in [1.82, 2.24) is 10.5 Å². The highest BCUT2D eigenvalue weighted by atomic mass is 35.5. The van der Waals surface area contributed by atoms with Gasteiger partial charge < -0.3 is 24.7 Å². The van der Waals surface area contributed by atoms with Crippen LogP contribution in [0, 0.1) is 6.92 Å². The minimum Gasteiger partial charge on any atom is -0.497 e. The van der Waals surface area contributed by atoms with Crippen LogP contribution in [-0.4, -0.2) is 51.0 Å². The number of amides is 1. The van der Waals surface area contributed by atoms with Gasteiger partial charge in [-0.25, -0.2) is 10.3 Å². The van der Waals surface area contributed by atoms with Crippen LogP contribution >= 0.6 is 23.2 Å². The average Bonchev–Trinajstić information content (AvgIpc) is 3.77. The molecule has 4 aromatic carbocycles. The van der Waals surface area contributed by atoms with Crippen molar-refractivity contribution >= 4 is 52.0 Å². The predicted octanol–water partition coefficient (Wildman–Crippen LogP) is 10.4. The Hall–Kier alpha value is -4.87. The number of carbonyl (C=O) groups excluding carboxylic acids is 1. The van der Waals surface area contributed by atoms with Crippen molar-refractivity contribution in [2.24, 2.45) is 0 Å². The molecule has 0 bridgehead atoms. The lowest BCUT2D eigenvalue weighted by Gasteiger charge is -2.24. The summed E-state index contributed by atoms with van der Waals surface area (Å²) in [5.41, 5.74) is 9.68. The van der Waals surface area contributed by atoms with Gasteiger partial charge in [-0.05, 0) is 128 Å². The van der Waals surface area contributed by atoms with Gasteiger partial charge in [0, 0.05) is 26.6 Å². The first-order valence-corrected chi connectivity index (χ1v) is 19.8. The number of fused-ring (bicyclic) bond motifs is 2. The van der Waals surface area contributed by atoms with E-state index in [1.54, 1.807) is 12.6 Å². The third-order valence-electron chi connectivity index (χ3n) is 10.7. The maximum absolute atomic E-state index is 11.2. The van der Waals surface area contributed by atoms with Gasteiger partial charge in [-0.2, -0.15) is 0 Å². The fourth-order valence-corrected chi connectivity index (χ4v) is 7.76. The molecule has 1 fully saturated rings. The van der Waals surface area contributed by atoms with Gasteiger partial charge in [0.1, 0.15) is 5.75 Å². The summed E-state index contributed by atoms with van der Waals surface area (Å²) in [6.07, 6.45) is 8.08. The van der Waals surface area contributed by atoms with Crippen LogP contribution in [0.2, 0.25) is 10.0 Å². The molecule has 7 rings (SSSR count). The minimum absolute atomic E-state index is 0.134. The highest BCUT2D eigenvalue weighted by Gasteiger charge is 2.31. The Balaban J connectivity index is 0.000000164. The van der Waals surface area contributed by atoms with E-state index in [1.807, 2.05) is 79.7 Å². The molecule has 1 unspecified atom stereocenters. The topological polar surface area (TPSA) is 158 Å². The minimum atomic E-state index is -1.19. The number of hydroxylamine groups is 1. The molecule has 2 aliphatic rings. The van der Waals surface area contributed by atoms with Gasteiger partial charge in [0.2, 0.25) is 5.91 Å². The zero-order chi connectivity index (χ0) is 41.3. The lowest BCUT2D eigenvalue weighted by Crippen LogP contribution is -2.34. The Labute approximate surface area is 343 Å².